The number of benzene rings is 1. The van der Waals surface area contributed by atoms with Gasteiger partial charge < -0.3 is 9.15 Å². The predicted molar refractivity (Wildman–Crippen MR) is 105 cm³/mol. The molecule has 0 unspecified atom stereocenters. The molecule has 0 N–H and O–H groups in total. The van der Waals surface area contributed by atoms with E-state index in [1.165, 1.54) is 11.8 Å². The van der Waals surface area contributed by atoms with Crippen LogP contribution in [-0.4, -0.2) is 33.1 Å². The number of furan rings is 1. The zero-order valence-electron chi connectivity index (χ0n) is 15.6. The van der Waals surface area contributed by atoms with Gasteiger partial charge in [0, 0.05) is 5.56 Å². The summed E-state index contributed by atoms with van der Waals surface area (Å²) in [5.74, 6) is 1.52. The maximum absolute atomic E-state index is 11.9. The third-order valence-corrected chi connectivity index (χ3v) is 5.02. The van der Waals surface area contributed by atoms with Crippen LogP contribution in [0.25, 0.3) is 11.4 Å². The molecule has 2 aromatic heterocycles. The van der Waals surface area contributed by atoms with Gasteiger partial charge in [-0.15, -0.1) is 10.2 Å². The van der Waals surface area contributed by atoms with E-state index in [2.05, 4.69) is 17.1 Å². The van der Waals surface area contributed by atoms with Gasteiger partial charge in [-0.2, -0.15) is 0 Å². The number of aryl methyl sites for hydroxylation is 1. The molecule has 0 spiro atoms. The van der Waals surface area contributed by atoms with Gasteiger partial charge in [-0.05, 0) is 31.0 Å². The van der Waals surface area contributed by atoms with Gasteiger partial charge in [0.2, 0.25) is 0 Å². The van der Waals surface area contributed by atoms with Crippen molar-refractivity contribution in [2.24, 2.45) is 0 Å². The fourth-order valence-electron chi connectivity index (χ4n) is 2.61. The number of carbonyl (C=O) groups excluding carboxylic acids is 1. The molecule has 0 amide bonds. The van der Waals surface area contributed by atoms with Crippen LogP contribution in [0, 0.1) is 6.92 Å². The lowest BCUT2D eigenvalue weighted by Crippen LogP contribution is -2.10. The van der Waals surface area contributed by atoms with E-state index in [1.54, 1.807) is 6.26 Å². The van der Waals surface area contributed by atoms with Crippen molar-refractivity contribution < 1.29 is 13.9 Å². The van der Waals surface area contributed by atoms with Crippen LogP contribution in [0.5, 0.6) is 0 Å². The number of rotatable bonds is 9. The number of hydrogen-bond donors (Lipinski definition) is 0. The number of aromatic nitrogens is 3. The summed E-state index contributed by atoms with van der Waals surface area (Å²) in [5, 5.41) is 9.35. The number of thioether (sulfide) groups is 1. The molecule has 0 radical (unpaired) electrons. The summed E-state index contributed by atoms with van der Waals surface area (Å²) in [6.07, 6.45) is 3.52. The van der Waals surface area contributed by atoms with Crippen LogP contribution in [0.2, 0.25) is 0 Å². The molecule has 7 heteroatoms. The third-order valence-electron chi connectivity index (χ3n) is 4.08. The minimum Gasteiger partial charge on any atom is -0.467 e. The van der Waals surface area contributed by atoms with Crippen LogP contribution >= 0.6 is 11.8 Å². The summed E-state index contributed by atoms with van der Waals surface area (Å²) in [6.45, 7) is 5.06. The normalized spacial score (nSPS) is 10.9. The second-order valence-electron chi connectivity index (χ2n) is 6.15. The lowest BCUT2D eigenvalue weighted by atomic mass is 10.1. The summed E-state index contributed by atoms with van der Waals surface area (Å²) < 4.78 is 12.7. The first-order valence-corrected chi connectivity index (χ1v) is 9.97. The SMILES string of the molecule is CCCCOC(=O)CSc1nnc(-c2ccccc2C)n1Cc1ccco1. The van der Waals surface area contributed by atoms with E-state index in [-0.39, 0.29) is 11.7 Å². The fraction of sp³-hybridized carbons (Fsp3) is 0.350. The van der Waals surface area contributed by atoms with Gasteiger partial charge in [-0.1, -0.05) is 49.4 Å². The van der Waals surface area contributed by atoms with Crippen molar-refractivity contribution in [3.05, 3.63) is 54.0 Å². The average molecular weight is 385 g/mol. The molecular formula is C20H23N3O3S. The van der Waals surface area contributed by atoms with E-state index in [4.69, 9.17) is 9.15 Å². The van der Waals surface area contributed by atoms with E-state index >= 15 is 0 Å². The van der Waals surface area contributed by atoms with Crippen molar-refractivity contribution >= 4 is 17.7 Å². The van der Waals surface area contributed by atoms with Crippen LogP contribution in [0.3, 0.4) is 0 Å². The maximum Gasteiger partial charge on any atom is 0.316 e. The molecule has 0 aliphatic rings. The minimum absolute atomic E-state index is 0.202. The van der Waals surface area contributed by atoms with Gasteiger partial charge >= 0.3 is 5.97 Å². The molecule has 3 rings (SSSR count). The highest BCUT2D eigenvalue weighted by Gasteiger charge is 2.18. The first-order valence-electron chi connectivity index (χ1n) is 8.99. The van der Waals surface area contributed by atoms with Crippen LogP contribution in [0.4, 0.5) is 0 Å². The molecule has 0 atom stereocenters. The monoisotopic (exact) mass is 385 g/mol. The standard InChI is InChI=1S/C20H23N3O3S/c1-3-4-11-26-18(24)14-27-20-22-21-19(17-10-6-5-8-15(17)2)23(20)13-16-9-7-12-25-16/h5-10,12H,3-4,11,13-14H2,1-2H3. The Labute approximate surface area is 162 Å². The van der Waals surface area contributed by atoms with Gasteiger partial charge in [0.15, 0.2) is 11.0 Å². The average Bonchev–Trinajstić information content (AvgIpc) is 3.31. The van der Waals surface area contributed by atoms with Gasteiger partial charge in [0.05, 0.1) is 25.2 Å². The predicted octanol–water partition coefficient (Wildman–Crippen LogP) is 4.33. The van der Waals surface area contributed by atoms with Gasteiger partial charge in [-0.3, -0.25) is 9.36 Å². The number of carbonyl (C=O) groups is 1. The number of esters is 1. The zero-order valence-corrected chi connectivity index (χ0v) is 16.4. The topological polar surface area (TPSA) is 70.2 Å². The van der Waals surface area contributed by atoms with Gasteiger partial charge in [0.25, 0.3) is 0 Å². The van der Waals surface area contributed by atoms with E-state index in [1.807, 2.05) is 47.9 Å². The molecule has 0 saturated carbocycles. The molecule has 6 nitrogen and oxygen atoms in total. The first-order chi connectivity index (χ1) is 13.2. The Hall–Kier alpha value is -2.54. The van der Waals surface area contributed by atoms with Crippen LogP contribution < -0.4 is 0 Å². The molecule has 3 aromatic rings. The Kier molecular flexibility index (Phi) is 6.70. The summed E-state index contributed by atoms with van der Waals surface area (Å²) in [4.78, 5) is 11.9. The third kappa shape index (κ3) is 5.01. The van der Waals surface area contributed by atoms with Crippen molar-refractivity contribution in [3.8, 4) is 11.4 Å². The minimum atomic E-state index is -0.238. The molecule has 0 fully saturated rings. The lowest BCUT2D eigenvalue weighted by molar-refractivity contribution is -0.140. The molecule has 0 bridgehead atoms. The van der Waals surface area contributed by atoms with E-state index in [0.29, 0.717) is 18.3 Å². The highest BCUT2D eigenvalue weighted by molar-refractivity contribution is 7.99. The van der Waals surface area contributed by atoms with Gasteiger partial charge in [0.1, 0.15) is 5.76 Å². The van der Waals surface area contributed by atoms with Crippen molar-refractivity contribution in [2.45, 2.75) is 38.4 Å². The number of ether oxygens (including phenoxy) is 1. The van der Waals surface area contributed by atoms with Gasteiger partial charge in [-0.25, -0.2) is 0 Å². The van der Waals surface area contributed by atoms with Crippen molar-refractivity contribution in [1.29, 1.82) is 0 Å². The number of hydrogen-bond acceptors (Lipinski definition) is 6. The summed E-state index contributed by atoms with van der Waals surface area (Å²) in [5.41, 5.74) is 2.12. The molecular weight excluding hydrogens is 362 g/mol. The zero-order chi connectivity index (χ0) is 19.1. The van der Waals surface area contributed by atoms with E-state index < -0.39 is 0 Å². The Morgan fingerprint density at radius 2 is 2.07 bits per heavy atom. The first kappa shape index (κ1) is 19.2. The van der Waals surface area contributed by atoms with Crippen molar-refractivity contribution in [1.82, 2.24) is 14.8 Å². The van der Waals surface area contributed by atoms with E-state index in [0.717, 1.165) is 35.6 Å². The number of nitrogens with zero attached hydrogens (tertiary/aromatic N) is 3. The smallest absolute Gasteiger partial charge is 0.316 e. The lowest BCUT2D eigenvalue weighted by Gasteiger charge is -2.10. The Balaban J connectivity index is 1.81. The molecule has 142 valence electrons. The summed E-state index contributed by atoms with van der Waals surface area (Å²) >= 11 is 1.33. The van der Waals surface area contributed by atoms with E-state index in [9.17, 15) is 4.79 Å². The second-order valence-corrected chi connectivity index (χ2v) is 7.09. The van der Waals surface area contributed by atoms with Crippen molar-refractivity contribution in [3.63, 3.8) is 0 Å². The van der Waals surface area contributed by atoms with Crippen LogP contribution in [-0.2, 0) is 16.1 Å². The highest BCUT2D eigenvalue weighted by Crippen LogP contribution is 2.27. The summed E-state index contributed by atoms with van der Waals surface area (Å²) in [7, 11) is 0. The second kappa shape index (κ2) is 9.41. The Bertz CT molecular complexity index is 874. The highest BCUT2D eigenvalue weighted by atomic mass is 32.2. The van der Waals surface area contributed by atoms with Crippen LogP contribution in [0.1, 0.15) is 31.1 Å². The Morgan fingerprint density at radius 3 is 2.81 bits per heavy atom. The van der Waals surface area contributed by atoms with Crippen molar-refractivity contribution in [2.75, 3.05) is 12.4 Å². The largest absolute Gasteiger partial charge is 0.467 e. The van der Waals surface area contributed by atoms with Crippen LogP contribution in [0.15, 0.2) is 52.2 Å². The summed E-state index contributed by atoms with van der Waals surface area (Å²) in [6, 6.07) is 11.8. The number of unbranched alkanes of at least 4 members (excludes halogenated alkanes) is 1. The molecule has 27 heavy (non-hydrogen) atoms. The quantitative estimate of drug-likeness (QED) is 0.310. The molecule has 0 aliphatic carbocycles. The molecule has 0 saturated heterocycles. The molecule has 2 heterocycles. The fourth-order valence-corrected chi connectivity index (χ4v) is 3.35. The molecule has 1 aromatic carbocycles. The maximum atomic E-state index is 11.9. The Morgan fingerprint density at radius 1 is 1.22 bits per heavy atom. The molecule has 0 aliphatic heterocycles.